The van der Waals surface area contributed by atoms with E-state index in [4.69, 9.17) is 23.2 Å². The minimum atomic E-state index is -0.0936. The van der Waals surface area contributed by atoms with Crippen molar-refractivity contribution in [3.63, 3.8) is 0 Å². The number of benzene rings is 2. The zero-order valence-electron chi connectivity index (χ0n) is 15.6. The van der Waals surface area contributed by atoms with E-state index in [0.29, 0.717) is 16.1 Å². The molecule has 3 nitrogen and oxygen atoms in total. The molecular formula is C22H24Cl2N2O. The van der Waals surface area contributed by atoms with Crippen LogP contribution in [0.1, 0.15) is 67.1 Å². The Hall–Kier alpha value is -1.71. The first kappa shape index (κ1) is 18.6. The Morgan fingerprint density at radius 1 is 1.15 bits per heavy atom. The first-order valence-corrected chi connectivity index (χ1v) is 10.3. The molecule has 4 rings (SSSR count). The van der Waals surface area contributed by atoms with Crippen LogP contribution in [0.2, 0.25) is 10.0 Å². The van der Waals surface area contributed by atoms with Crippen molar-refractivity contribution in [1.82, 2.24) is 5.32 Å². The van der Waals surface area contributed by atoms with Crippen molar-refractivity contribution in [3.05, 3.63) is 63.1 Å². The van der Waals surface area contributed by atoms with Crippen LogP contribution in [0.3, 0.4) is 0 Å². The van der Waals surface area contributed by atoms with E-state index in [0.717, 1.165) is 41.6 Å². The largest absolute Gasteiger partial charge is 0.378 e. The normalized spacial score (nSPS) is 21.0. The van der Waals surface area contributed by atoms with Gasteiger partial charge in [0.15, 0.2) is 0 Å². The minimum Gasteiger partial charge on any atom is -0.378 e. The van der Waals surface area contributed by atoms with Gasteiger partial charge in [0.2, 0.25) is 0 Å². The Labute approximate surface area is 170 Å². The molecule has 1 atom stereocenters. The lowest BCUT2D eigenvalue weighted by molar-refractivity contribution is 0.0917. The molecule has 1 heterocycles. The second kappa shape index (κ2) is 7.03. The summed E-state index contributed by atoms with van der Waals surface area (Å²) in [5.41, 5.74) is 3.86. The SMILES string of the molecule is CC1(C)CC(c2cc(Cl)ccc2Cl)Nc2ccc(C(=O)NC3CCC3)cc21. The van der Waals surface area contributed by atoms with E-state index >= 15 is 0 Å². The van der Waals surface area contributed by atoms with Crippen LogP contribution in [0, 0.1) is 0 Å². The van der Waals surface area contributed by atoms with Gasteiger partial charge in [0.1, 0.15) is 0 Å². The first-order valence-electron chi connectivity index (χ1n) is 9.50. The van der Waals surface area contributed by atoms with Gasteiger partial charge in [0.05, 0.1) is 6.04 Å². The van der Waals surface area contributed by atoms with Gasteiger partial charge in [-0.05, 0) is 78.6 Å². The molecule has 142 valence electrons. The summed E-state index contributed by atoms with van der Waals surface area (Å²) in [4.78, 5) is 12.5. The summed E-state index contributed by atoms with van der Waals surface area (Å²) in [6.07, 6.45) is 4.25. The van der Waals surface area contributed by atoms with Crippen LogP contribution in [0.4, 0.5) is 5.69 Å². The summed E-state index contributed by atoms with van der Waals surface area (Å²) in [5.74, 6) is 0.0262. The Morgan fingerprint density at radius 2 is 1.93 bits per heavy atom. The molecule has 5 heteroatoms. The topological polar surface area (TPSA) is 41.1 Å². The molecule has 0 saturated heterocycles. The number of anilines is 1. The number of hydrogen-bond acceptors (Lipinski definition) is 2. The van der Waals surface area contributed by atoms with Gasteiger partial charge in [-0.3, -0.25) is 4.79 Å². The van der Waals surface area contributed by atoms with E-state index in [1.807, 2.05) is 36.4 Å². The van der Waals surface area contributed by atoms with Crippen LogP contribution < -0.4 is 10.6 Å². The molecular weight excluding hydrogens is 379 g/mol. The predicted octanol–water partition coefficient (Wildman–Crippen LogP) is 6.11. The molecule has 0 aromatic heterocycles. The number of nitrogens with one attached hydrogen (secondary N) is 2. The highest BCUT2D eigenvalue weighted by Gasteiger charge is 2.35. The fourth-order valence-electron chi connectivity index (χ4n) is 4.02. The maximum Gasteiger partial charge on any atom is 0.251 e. The van der Waals surface area contributed by atoms with Crippen LogP contribution in [0.15, 0.2) is 36.4 Å². The van der Waals surface area contributed by atoms with Crippen molar-refractivity contribution >= 4 is 34.8 Å². The Kier molecular flexibility index (Phi) is 4.85. The smallest absolute Gasteiger partial charge is 0.251 e. The highest BCUT2D eigenvalue weighted by Crippen LogP contribution is 2.45. The van der Waals surface area contributed by atoms with Gasteiger partial charge in [-0.1, -0.05) is 37.0 Å². The number of carbonyl (C=O) groups excluding carboxylic acids is 1. The molecule has 1 aliphatic heterocycles. The van der Waals surface area contributed by atoms with E-state index < -0.39 is 0 Å². The molecule has 2 aliphatic rings. The number of amides is 1. The van der Waals surface area contributed by atoms with Crippen molar-refractivity contribution < 1.29 is 4.79 Å². The highest BCUT2D eigenvalue weighted by molar-refractivity contribution is 6.33. The summed E-state index contributed by atoms with van der Waals surface area (Å²) in [6.45, 7) is 4.43. The fraction of sp³-hybridized carbons (Fsp3) is 0.409. The van der Waals surface area contributed by atoms with E-state index in [-0.39, 0.29) is 17.4 Å². The third-order valence-corrected chi connectivity index (χ3v) is 6.41. The summed E-state index contributed by atoms with van der Waals surface area (Å²) in [5, 5.41) is 8.11. The molecule has 27 heavy (non-hydrogen) atoms. The zero-order valence-corrected chi connectivity index (χ0v) is 17.1. The summed E-state index contributed by atoms with van der Waals surface area (Å²) >= 11 is 12.6. The third kappa shape index (κ3) is 3.68. The molecule has 1 unspecified atom stereocenters. The summed E-state index contributed by atoms with van der Waals surface area (Å²) < 4.78 is 0. The summed E-state index contributed by atoms with van der Waals surface area (Å²) in [7, 11) is 0. The van der Waals surface area contributed by atoms with Crippen LogP contribution in [-0.4, -0.2) is 11.9 Å². The molecule has 1 saturated carbocycles. The van der Waals surface area contributed by atoms with Gasteiger partial charge < -0.3 is 10.6 Å². The molecule has 2 aromatic rings. The van der Waals surface area contributed by atoms with Crippen molar-refractivity contribution in [2.75, 3.05) is 5.32 Å². The second-order valence-electron chi connectivity index (χ2n) is 8.31. The van der Waals surface area contributed by atoms with Crippen LogP contribution in [0.25, 0.3) is 0 Å². The molecule has 0 spiro atoms. The minimum absolute atomic E-state index is 0.0262. The van der Waals surface area contributed by atoms with Gasteiger partial charge in [0, 0.05) is 27.3 Å². The maximum absolute atomic E-state index is 12.5. The lowest BCUT2D eigenvalue weighted by Crippen LogP contribution is -2.39. The molecule has 0 bridgehead atoms. The van der Waals surface area contributed by atoms with Crippen LogP contribution in [-0.2, 0) is 5.41 Å². The average Bonchev–Trinajstić information content (AvgIpc) is 2.59. The molecule has 1 aliphatic carbocycles. The second-order valence-corrected chi connectivity index (χ2v) is 9.16. The molecule has 1 fully saturated rings. The Morgan fingerprint density at radius 3 is 2.63 bits per heavy atom. The van der Waals surface area contributed by atoms with Gasteiger partial charge in [-0.25, -0.2) is 0 Å². The van der Waals surface area contributed by atoms with Crippen molar-refractivity contribution in [3.8, 4) is 0 Å². The number of halogens is 2. The van der Waals surface area contributed by atoms with E-state index in [1.165, 1.54) is 6.42 Å². The van der Waals surface area contributed by atoms with Crippen molar-refractivity contribution in [2.24, 2.45) is 0 Å². The van der Waals surface area contributed by atoms with Gasteiger partial charge in [0.25, 0.3) is 5.91 Å². The van der Waals surface area contributed by atoms with Crippen molar-refractivity contribution in [2.45, 2.75) is 57.0 Å². The van der Waals surface area contributed by atoms with Crippen molar-refractivity contribution in [1.29, 1.82) is 0 Å². The summed E-state index contributed by atoms with van der Waals surface area (Å²) in [6, 6.07) is 12.0. The quantitative estimate of drug-likeness (QED) is 0.649. The van der Waals surface area contributed by atoms with Gasteiger partial charge in [-0.2, -0.15) is 0 Å². The Balaban J connectivity index is 1.63. The fourth-order valence-corrected chi connectivity index (χ4v) is 4.45. The van der Waals surface area contributed by atoms with E-state index in [9.17, 15) is 4.79 Å². The van der Waals surface area contributed by atoms with E-state index in [1.54, 1.807) is 0 Å². The van der Waals surface area contributed by atoms with Crippen LogP contribution >= 0.6 is 23.2 Å². The van der Waals surface area contributed by atoms with Gasteiger partial charge >= 0.3 is 0 Å². The number of carbonyl (C=O) groups is 1. The van der Waals surface area contributed by atoms with Crippen LogP contribution in [0.5, 0.6) is 0 Å². The predicted molar refractivity (Wildman–Crippen MR) is 112 cm³/mol. The number of rotatable bonds is 3. The maximum atomic E-state index is 12.5. The average molecular weight is 403 g/mol. The molecule has 0 radical (unpaired) electrons. The molecule has 2 aromatic carbocycles. The zero-order chi connectivity index (χ0) is 19.2. The lowest BCUT2D eigenvalue weighted by Gasteiger charge is -2.39. The number of fused-ring (bicyclic) bond motifs is 1. The third-order valence-electron chi connectivity index (χ3n) is 5.83. The van der Waals surface area contributed by atoms with Gasteiger partial charge in [-0.15, -0.1) is 0 Å². The molecule has 2 N–H and O–H groups in total. The standard InChI is InChI=1S/C22H24Cl2N2O/c1-22(2)12-20(16-11-14(23)7-8-18(16)24)26-19-9-6-13(10-17(19)22)21(27)25-15-4-3-5-15/h6-11,15,20,26H,3-5,12H2,1-2H3,(H,25,27). The number of hydrogen-bond donors (Lipinski definition) is 2. The highest BCUT2D eigenvalue weighted by atomic mass is 35.5. The molecule has 1 amide bonds. The monoisotopic (exact) mass is 402 g/mol. The first-order chi connectivity index (χ1) is 12.8. The van der Waals surface area contributed by atoms with E-state index in [2.05, 4.69) is 24.5 Å². The lowest BCUT2D eigenvalue weighted by atomic mass is 9.73. The Bertz CT molecular complexity index is 890.